The van der Waals surface area contributed by atoms with Gasteiger partial charge in [-0.3, -0.25) is 9.69 Å². The molecule has 0 unspecified atom stereocenters. The van der Waals surface area contributed by atoms with Crippen LogP contribution in [0.25, 0.3) is 0 Å². The molecule has 4 nitrogen and oxygen atoms in total. The van der Waals surface area contributed by atoms with E-state index in [2.05, 4.69) is 58.3 Å². The van der Waals surface area contributed by atoms with E-state index in [1.54, 1.807) is 18.2 Å². The molecular weight excluding hydrogens is 451 g/mol. The van der Waals surface area contributed by atoms with Gasteiger partial charge in [-0.05, 0) is 42.3 Å². The number of nitrogens with zero attached hydrogens (tertiary/aromatic N) is 2. The van der Waals surface area contributed by atoms with Crippen molar-refractivity contribution in [2.24, 2.45) is 0 Å². The third-order valence-electron chi connectivity index (χ3n) is 6.43. The summed E-state index contributed by atoms with van der Waals surface area (Å²) in [6.45, 7) is 3.02. The standard InChI is InChI=1S/C28H30F3N3O/c29-28(30,31)21-32-27(35)24-12-7-13-25(20-24)34-18-16-33(17-19-34)15-14-26(22-8-3-1-4-9-22)23-10-5-2-6-11-23/h1-13,20,26H,14-19,21H2,(H,32,35). The largest absolute Gasteiger partial charge is 0.405 e. The minimum Gasteiger partial charge on any atom is -0.369 e. The number of hydrogen-bond acceptors (Lipinski definition) is 3. The fourth-order valence-corrected chi connectivity index (χ4v) is 4.56. The first-order chi connectivity index (χ1) is 16.9. The van der Waals surface area contributed by atoms with Gasteiger partial charge in [0.15, 0.2) is 0 Å². The van der Waals surface area contributed by atoms with Crippen molar-refractivity contribution in [1.82, 2.24) is 10.2 Å². The van der Waals surface area contributed by atoms with Crippen LogP contribution in [0.3, 0.4) is 0 Å². The van der Waals surface area contributed by atoms with Crippen LogP contribution in [0.15, 0.2) is 84.9 Å². The van der Waals surface area contributed by atoms with Gasteiger partial charge < -0.3 is 10.2 Å². The number of nitrogens with one attached hydrogen (secondary N) is 1. The number of hydrogen-bond donors (Lipinski definition) is 1. The van der Waals surface area contributed by atoms with Crippen LogP contribution >= 0.6 is 0 Å². The Morgan fingerprint density at radius 2 is 1.43 bits per heavy atom. The topological polar surface area (TPSA) is 35.6 Å². The van der Waals surface area contributed by atoms with Crippen molar-refractivity contribution in [2.75, 3.05) is 44.2 Å². The molecule has 0 radical (unpaired) electrons. The highest BCUT2D eigenvalue weighted by atomic mass is 19.4. The Morgan fingerprint density at radius 3 is 2.00 bits per heavy atom. The second-order valence-electron chi connectivity index (χ2n) is 8.84. The summed E-state index contributed by atoms with van der Waals surface area (Å²) in [7, 11) is 0. The summed E-state index contributed by atoms with van der Waals surface area (Å²) in [6, 6.07) is 28.0. The molecule has 1 fully saturated rings. The first kappa shape index (κ1) is 24.8. The van der Waals surface area contributed by atoms with Crippen LogP contribution in [0, 0.1) is 0 Å². The lowest BCUT2D eigenvalue weighted by molar-refractivity contribution is -0.123. The molecule has 1 aliphatic heterocycles. The van der Waals surface area contributed by atoms with Gasteiger partial charge in [0.25, 0.3) is 5.91 Å². The van der Waals surface area contributed by atoms with Crippen molar-refractivity contribution >= 4 is 11.6 Å². The summed E-state index contributed by atoms with van der Waals surface area (Å²) in [5.41, 5.74) is 3.73. The Kier molecular flexibility index (Phi) is 8.08. The molecule has 1 aliphatic rings. The normalized spacial score (nSPS) is 14.8. The molecular formula is C28H30F3N3O. The van der Waals surface area contributed by atoms with Crippen LogP contribution in [0.2, 0.25) is 0 Å². The van der Waals surface area contributed by atoms with E-state index in [1.165, 1.54) is 11.1 Å². The fourth-order valence-electron chi connectivity index (χ4n) is 4.56. The SMILES string of the molecule is O=C(NCC(F)(F)F)c1cccc(N2CCN(CCC(c3ccccc3)c3ccccc3)CC2)c1. The predicted octanol–water partition coefficient (Wildman–Crippen LogP) is 5.32. The Hall–Kier alpha value is -3.32. The Morgan fingerprint density at radius 1 is 0.829 bits per heavy atom. The number of carbonyl (C=O) groups is 1. The number of halogens is 3. The van der Waals surface area contributed by atoms with Gasteiger partial charge in [-0.1, -0.05) is 66.7 Å². The summed E-state index contributed by atoms with van der Waals surface area (Å²) < 4.78 is 37.2. The minimum absolute atomic E-state index is 0.239. The van der Waals surface area contributed by atoms with Crippen molar-refractivity contribution in [1.29, 1.82) is 0 Å². The van der Waals surface area contributed by atoms with Crippen molar-refractivity contribution in [3.63, 3.8) is 0 Å². The molecule has 1 N–H and O–H groups in total. The van der Waals surface area contributed by atoms with Gasteiger partial charge in [-0.2, -0.15) is 13.2 Å². The van der Waals surface area contributed by atoms with E-state index in [0.717, 1.165) is 44.8 Å². The van der Waals surface area contributed by atoms with E-state index < -0.39 is 18.6 Å². The summed E-state index contributed by atoms with van der Waals surface area (Å²) in [5, 5.41) is 1.94. The molecule has 0 saturated carbocycles. The predicted molar refractivity (Wildman–Crippen MR) is 133 cm³/mol. The number of carbonyl (C=O) groups excluding carboxylic acids is 1. The van der Waals surface area contributed by atoms with Gasteiger partial charge in [0.1, 0.15) is 6.54 Å². The van der Waals surface area contributed by atoms with Gasteiger partial charge in [-0.15, -0.1) is 0 Å². The van der Waals surface area contributed by atoms with E-state index in [0.29, 0.717) is 5.92 Å². The molecule has 0 aromatic heterocycles. The molecule has 1 amide bonds. The third kappa shape index (κ3) is 7.09. The summed E-state index contributed by atoms with van der Waals surface area (Å²) in [5.74, 6) is -0.377. The maximum absolute atomic E-state index is 12.4. The number of anilines is 1. The zero-order valence-electron chi connectivity index (χ0n) is 19.5. The van der Waals surface area contributed by atoms with Gasteiger partial charge >= 0.3 is 6.18 Å². The number of benzene rings is 3. The number of piperazine rings is 1. The highest BCUT2D eigenvalue weighted by Crippen LogP contribution is 2.28. The van der Waals surface area contributed by atoms with Gasteiger partial charge in [0.05, 0.1) is 0 Å². The van der Waals surface area contributed by atoms with Crippen molar-refractivity contribution in [2.45, 2.75) is 18.5 Å². The molecule has 0 spiro atoms. The van der Waals surface area contributed by atoms with Gasteiger partial charge in [-0.25, -0.2) is 0 Å². The average Bonchev–Trinajstić information content (AvgIpc) is 2.89. The van der Waals surface area contributed by atoms with Crippen LogP contribution in [0.5, 0.6) is 0 Å². The summed E-state index contributed by atoms with van der Waals surface area (Å²) in [6.07, 6.45) is -3.41. The first-order valence-corrected chi connectivity index (χ1v) is 11.9. The molecule has 0 bridgehead atoms. The van der Waals surface area contributed by atoms with Crippen molar-refractivity contribution < 1.29 is 18.0 Å². The Labute approximate surface area is 204 Å². The highest BCUT2D eigenvalue weighted by molar-refractivity contribution is 5.95. The molecule has 184 valence electrons. The van der Waals surface area contributed by atoms with Crippen molar-refractivity contribution in [3.8, 4) is 0 Å². The molecule has 7 heteroatoms. The van der Waals surface area contributed by atoms with Crippen LogP contribution in [-0.2, 0) is 0 Å². The number of amides is 1. The van der Waals surface area contributed by atoms with E-state index in [-0.39, 0.29) is 5.56 Å². The second-order valence-corrected chi connectivity index (χ2v) is 8.84. The number of rotatable bonds is 8. The van der Waals surface area contributed by atoms with E-state index >= 15 is 0 Å². The zero-order chi connectivity index (χ0) is 24.7. The molecule has 1 saturated heterocycles. The van der Waals surface area contributed by atoms with Gasteiger partial charge in [0, 0.05) is 43.3 Å². The third-order valence-corrected chi connectivity index (χ3v) is 6.43. The van der Waals surface area contributed by atoms with Gasteiger partial charge in [0.2, 0.25) is 0 Å². The Balaban J connectivity index is 1.33. The highest BCUT2D eigenvalue weighted by Gasteiger charge is 2.28. The monoisotopic (exact) mass is 481 g/mol. The van der Waals surface area contributed by atoms with Crippen LogP contribution < -0.4 is 10.2 Å². The lowest BCUT2D eigenvalue weighted by atomic mass is 9.88. The quantitative estimate of drug-likeness (QED) is 0.473. The maximum Gasteiger partial charge on any atom is 0.405 e. The van der Waals surface area contributed by atoms with Crippen LogP contribution in [0.1, 0.15) is 33.8 Å². The molecule has 4 rings (SSSR count). The second kappa shape index (κ2) is 11.4. The average molecular weight is 482 g/mol. The summed E-state index contributed by atoms with van der Waals surface area (Å²) >= 11 is 0. The van der Waals surface area contributed by atoms with E-state index in [1.807, 2.05) is 23.5 Å². The smallest absolute Gasteiger partial charge is 0.369 e. The molecule has 35 heavy (non-hydrogen) atoms. The molecule has 0 aliphatic carbocycles. The lowest BCUT2D eigenvalue weighted by Crippen LogP contribution is -2.46. The maximum atomic E-state index is 12.4. The first-order valence-electron chi connectivity index (χ1n) is 11.9. The Bertz CT molecular complexity index is 1040. The summed E-state index contributed by atoms with van der Waals surface area (Å²) in [4.78, 5) is 16.8. The van der Waals surface area contributed by atoms with E-state index in [4.69, 9.17) is 0 Å². The van der Waals surface area contributed by atoms with E-state index in [9.17, 15) is 18.0 Å². The molecule has 3 aromatic carbocycles. The van der Waals surface area contributed by atoms with Crippen LogP contribution in [0.4, 0.5) is 18.9 Å². The lowest BCUT2D eigenvalue weighted by Gasteiger charge is -2.37. The molecule has 1 heterocycles. The minimum atomic E-state index is -4.43. The van der Waals surface area contributed by atoms with Crippen LogP contribution in [-0.4, -0.2) is 56.3 Å². The fraction of sp³-hybridized carbons (Fsp3) is 0.321. The number of alkyl halides is 3. The molecule has 3 aromatic rings. The van der Waals surface area contributed by atoms with Crippen molar-refractivity contribution in [3.05, 3.63) is 102 Å². The zero-order valence-corrected chi connectivity index (χ0v) is 19.5. The molecule has 0 atom stereocenters.